The predicted molar refractivity (Wildman–Crippen MR) is 89.5 cm³/mol. The molecule has 0 spiro atoms. The van der Waals surface area contributed by atoms with Gasteiger partial charge in [-0.3, -0.25) is 9.67 Å². The van der Waals surface area contributed by atoms with Gasteiger partial charge in [-0.25, -0.2) is 0 Å². The van der Waals surface area contributed by atoms with E-state index in [0.29, 0.717) is 6.04 Å². The van der Waals surface area contributed by atoms with Gasteiger partial charge in [0.25, 0.3) is 0 Å². The molecule has 0 aliphatic heterocycles. The minimum atomic E-state index is 0.350. The minimum Gasteiger partial charge on any atom is -0.316 e. The van der Waals surface area contributed by atoms with Crippen LogP contribution in [0.5, 0.6) is 0 Å². The molecule has 4 nitrogen and oxygen atoms in total. The van der Waals surface area contributed by atoms with Gasteiger partial charge < -0.3 is 5.32 Å². The highest BCUT2D eigenvalue weighted by molar-refractivity contribution is 9.10. The maximum absolute atomic E-state index is 4.67. The van der Waals surface area contributed by atoms with E-state index in [1.165, 1.54) is 5.69 Å². The third-order valence-electron chi connectivity index (χ3n) is 3.72. The van der Waals surface area contributed by atoms with Crippen molar-refractivity contribution < 1.29 is 0 Å². The molecule has 0 aromatic carbocycles. The number of rotatable bonds is 7. The van der Waals surface area contributed by atoms with Gasteiger partial charge in [-0.05, 0) is 48.5 Å². The van der Waals surface area contributed by atoms with Crippen LogP contribution in [0.15, 0.2) is 28.9 Å². The van der Waals surface area contributed by atoms with Gasteiger partial charge in [-0.2, -0.15) is 5.10 Å². The van der Waals surface area contributed by atoms with Crippen molar-refractivity contribution in [3.05, 3.63) is 46.0 Å². The molecule has 0 fully saturated rings. The lowest BCUT2D eigenvalue weighted by molar-refractivity contribution is 0.515. The van der Waals surface area contributed by atoms with Crippen LogP contribution in [-0.4, -0.2) is 27.9 Å². The number of nitrogens with zero attached hydrogens (tertiary/aromatic N) is 3. The fraction of sp³-hybridized carbons (Fsp3) is 0.500. The van der Waals surface area contributed by atoms with E-state index in [4.69, 9.17) is 0 Å². The zero-order chi connectivity index (χ0) is 15.2. The third kappa shape index (κ3) is 3.92. The number of pyridine rings is 1. The largest absolute Gasteiger partial charge is 0.316 e. The lowest BCUT2D eigenvalue weighted by Gasteiger charge is -2.17. The fourth-order valence-electron chi connectivity index (χ4n) is 2.49. The topological polar surface area (TPSA) is 42.7 Å². The molecule has 0 radical (unpaired) electrons. The van der Waals surface area contributed by atoms with Gasteiger partial charge >= 0.3 is 0 Å². The molecule has 1 atom stereocenters. The molecule has 0 saturated heterocycles. The lowest BCUT2D eigenvalue weighted by atomic mass is 10.0. The molecule has 2 aromatic rings. The average Bonchev–Trinajstić information content (AvgIpc) is 2.83. The Kier molecular flexibility index (Phi) is 5.94. The van der Waals surface area contributed by atoms with E-state index in [0.717, 1.165) is 41.7 Å². The summed E-state index contributed by atoms with van der Waals surface area (Å²) in [6.07, 6.45) is 4.66. The predicted octanol–water partition coefficient (Wildman–Crippen LogP) is 3.00. The van der Waals surface area contributed by atoms with E-state index < -0.39 is 0 Å². The van der Waals surface area contributed by atoms with Crippen LogP contribution in [0.25, 0.3) is 0 Å². The highest BCUT2D eigenvalue weighted by Crippen LogP contribution is 2.24. The summed E-state index contributed by atoms with van der Waals surface area (Å²) in [5, 5.41) is 8.07. The quantitative estimate of drug-likeness (QED) is 0.834. The van der Waals surface area contributed by atoms with Crippen LogP contribution in [0.3, 0.4) is 0 Å². The van der Waals surface area contributed by atoms with Crippen LogP contribution in [0, 0.1) is 0 Å². The van der Waals surface area contributed by atoms with Gasteiger partial charge in [0, 0.05) is 37.3 Å². The molecule has 0 saturated carbocycles. The molecule has 0 bridgehead atoms. The van der Waals surface area contributed by atoms with Gasteiger partial charge in [0.15, 0.2) is 0 Å². The van der Waals surface area contributed by atoms with E-state index >= 15 is 0 Å². The number of aryl methyl sites for hydroxylation is 2. The fourth-order valence-corrected chi connectivity index (χ4v) is 3.22. The minimum absolute atomic E-state index is 0.350. The number of nitrogens with one attached hydrogen (secondary N) is 1. The van der Waals surface area contributed by atoms with Crippen LogP contribution in [-0.2, 0) is 25.8 Å². The van der Waals surface area contributed by atoms with Gasteiger partial charge in [-0.1, -0.05) is 13.0 Å². The van der Waals surface area contributed by atoms with Crippen LogP contribution < -0.4 is 5.32 Å². The van der Waals surface area contributed by atoms with Crippen molar-refractivity contribution in [3.8, 4) is 0 Å². The summed E-state index contributed by atoms with van der Waals surface area (Å²) < 4.78 is 3.26. The lowest BCUT2D eigenvalue weighted by Crippen LogP contribution is -2.31. The summed E-state index contributed by atoms with van der Waals surface area (Å²) in [5.41, 5.74) is 3.52. The van der Waals surface area contributed by atoms with E-state index in [-0.39, 0.29) is 0 Å². The van der Waals surface area contributed by atoms with Gasteiger partial charge in [0.2, 0.25) is 0 Å². The first-order valence-electron chi connectivity index (χ1n) is 7.50. The third-order valence-corrected chi connectivity index (χ3v) is 4.64. The molecular weight excluding hydrogens is 328 g/mol. The summed E-state index contributed by atoms with van der Waals surface area (Å²) in [6, 6.07) is 6.42. The maximum Gasteiger partial charge on any atom is 0.0766 e. The molecule has 0 amide bonds. The van der Waals surface area contributed by atoms with Crippen LogP contribution in [0.2, 0.25) is 0 Å². The Morgan fingerprint density at radius 1 is 1.29 bits per heavy atom. The Morgan fingerprint density at radius 2 is 2.10 bits per heavy atom. The first kappa shape index (κ1) is 16.2. The highest BCUT2D eigenvalue weighted by Gasteiger charge is 2.18. The molecule has 2 rings (SSSR count). The second kappa shape index (κ2) is 7.71. The Hall–Kier alpha value is -1.20. The number of halogens is 1. The number of likely N-dealkylation sites (N-methyl/N-ethyl adjacent to an activating group) is 1. The number of hydrogen-bond acceptors (Lipinski definition) is 3. The SMILES string of the molecule is CCc1nn(CC)c(CC(Cc2ccccn2)NC)c1Br. The first-order chi connectivity index (χ1) is 10.2. The zero-order valence-corrected chi connectivity index (χ0v) is 14.5. The molecule has 2 heterocycles. The second-order valence-electron chi connectivity index (χ2n) is 5.09. The Morgan fingerprint density at radius 3 is 2.67 bits per heavy atom. The van der Waals surface area contributed by atoms with Crippen LogP contribution in [0.1, 0.15) is 30.9 Å². The molecule has 21 heavy (non-hydrogen) atoms. The van der Waals surface area contributed by atoms with Gasteiger partial charge in [0.05, 0.1) is 15.9 Å². The molecule has 1 N–H and O–H groups in total. The summed E-state index contributed by atoms with van der Waals surface area (Å²) in [4.78, 5) is 4.42. The molecule has 2 aromatic heterocycles. The standard InChI is InChI=1S/C16H23BrN4/c1-4-14-16(17)15(21(5-2)20-14)11-13(18-3)10-12-8-6-7-9-19-12/h6-9,13,18H,4-5,10-11H2,1-3H3. The zero-order valence-electron chi connectivity index (χ0n) is 12.9. The maximum atomic E-state index is 4.67. The van der Waals surface area contributed by atoms with E-state index in [9.17, 15) is 0 Å². The second-order valence-corrected chi connectivity index (χ2v) is 5.88. The number of hydrogen-bond donors (Lipinski definition) is 1. The van der Waals surface area contributed by atoms with Crippen molar-refractivity contribution in [3.63, 3.8) is 0 Å². The molecule has 114 valence electrons. The van der Waals surface area contributed by atoms with Crippen LogP contribution in [0.4, 0.5) is 0 Å². The van der Waals surface area contributed by atoms with E-state index in [1.54, 1.807) is 0 Å². The Balaban J connectivity index is 2.16. The van der Waals surface area contributed by atoms with Crippen LogP contribution >= 0.6 is 15.9 Å². The molecule has 1 unspecified atom stereocenters. The normalized spacial score (nSPS) is 12.6. The molecular formula is C16H23BrN4. The van der Waals surface area contributed by atoms with Crippen molar-refractivity contribution in [1.82, 2.24) is 20.1 Å². The average molecular weight is 351 g/mol. The van der Waals surface area contributed by atoms with Crippen molar-refractivity contribution in [2.75, 3.05) is 7.05 Å². The van der Waals surface area contributed by atoms with E-state index in [2.05, 4.69) is 55.9 Å². The van der Waals surface area contributed by atoms with Gasteiger partial charge in [0.1, 0.15) is 0 Å². The Labute approximate surface area is 135 Å². The summed E-state index contributed by atoms with van der Waals surface area (Å²) in [6.45, 7) is 5.17. The van der Waals surface area contributed by atoms with E-state index in [1.807, 2.05) is 25.4 Å². The summed E-state index contributed by atoms with van der Waals surface area (Å²) in [7, 11) is 2.01. The van der Waals surface area contributed by atoms with Crippen molar-refractivity contribution in [1.29, 1.82) is 0 Å². The Bertz CT molecular complexity index is 565. The molecule has 0 aliphatic rings. The molecule has 0 aliphatic carbocycles. The summed E-state index contributed by atoms with van der Waals surface area (Å²) >= 11 is 3.72. The molecule has 5 heteroatoms. The van der Waals surface area contributed by atoms with Crippen molar-refractivity contribution in [2.24, 2.45) is 0 Å². The summed E-state index contributed by atoms with van der Waals surface area (Å²) in [5.74, 6) is 0. The van der Waals surface area contributed by atoms with Gasteiger partial charge in [-0.15, -0.1) is 0 Å². The first-order valence-corrected chi connectivity index (χ1v) is 8.30. The smallest absolute Gasteiger partial charge is 0.0766 e. The monoisotopic (exact) mass is 350 g/mol. The number of aromatic nitrogens is 3. The highest BCUT2D eigenvalue weighted by atomic mass is 79.9. The van der Waals surface area contributed by atoms with Crippen molar-refractivity contribution in [2.45, 2.75) is 45.7 Å². The van der Waals surface area contributed by atoms with Crippen molar-refractivity contribution >= 4 is 15.9 Å².